The third-order valence-corrected chi connectivity index (χ3v) is 3.46. The molecule has 4 nitrogen and oxygen atoms in total. The first-order chi connectivity index (χ1) is 8.16. The van der Waals surface area contributed by atoms with Crippen LogP contribution >= 0.6 is 22.9 Å². The summed E-state index contributed by atoms with van der Waals surface area (Å²) in [6.07, 6.45) is 3.52. The van der Waals surface area contributed by atoms with Crippen LogP contribution in [0.2, 0.25) is 5.15 Å². The second-order valence-electron chi connectivity index (χ2n) is 3.69. The Bertz CT molecular complexity index is 498. The molecule has 2 heterocycles. The molecular weight excluding hydrogens is 256 g/mol. The molecule has 0 aromatic carbocycles. The van der Waals surface area contributed by atoms with Crippen LogP contribution < -0.4 is 5.43 Å². The van der Waals surface area contributed by atoms with Crippen LogP contribution in [0.5, 0.6) is 0 Å². The maximum Gasteiger partial charge on any atom is 0.137 e. The minimum absolute atomic E-state index is 0.517. The summed E-state index contributed by atoms with van der Waals surface area (Å²) in [4.78, 5) is 9.45. The Hall–Kier alpha value is -1.01. The van der Waals surface area contributed by atoms with E-state index in [2.05, 4.69) is 15.4 Å². The van der Waals surface area contributed by atoms with Crippen LogP contribution in [-0.4, -0.2) is 29.1 Å². The molecule has 0 unspecified atom stereocenters. The van der Waals surface area contributed by atoms with Gasteiger partial charge in [0.05, 0.1) is 11.4 Å². The third-order valence-electron chi connectivity index (χ3n) is 2.12. The Kier molecular flexibility index (Phi) is 4.06. The zero-order chi connectivity index (χ0) is 12.3. The number of thiazole rings is 1. The Morgan fingerprint density at radius 3 is 2.94 bits per heavy atom. The van der Waals surface area contributed by atoms with Gasteiger partial charge >= 0.3 is 0 Å². The molecule has 2 aromatic rings. The topological polar surface area (TPSA) is 41.0 Å². The molecule has 0 aliphatic rings. The van der Waals surface area contributed by atoms with Gasteiger partial charge in [0, 0.05) is 32.1 Å². The number of hydrogen-bond acceptors (Lipinski definition) is 5. The van der Waals surface area contributed by atoms with Gasteiger partial charge in [0.1, 0.15) is 10.2 Å². The maximum absolute atomic E-state index is 6.04. The smallest absolute Gasteiger partial charge is 0.137 e. The van der Waals surface area contributed by atoms with Crippen molar-refractivity contribution in [3.05, 3.63) is 34.7 Å². The molecule has 0 aliphatic heterocycles. The predicted octanol–water partition coefficient (Wildman–Crippen LogP) is 2.42. The molecule has 0 saturated carbocycles. The van der Waals surface area contributed by atoms with Crippen molar-refractivity contribution < 1.29 is 0 Å². The lowest BCUT2D eigenvalue weighted by Gasteiger charge is -2.09. The standard InChI is InChI=1S/C11H13ClN4S/c1-16(2)15-7-10-14-6-9(17-10)8-4-3-5-13-11(8)12/h3-6,15H,7H2,1-2H3. The molecule has 90 valence electrons. The Morgan fingerprint density at radius 2 is 2.24 bits per heavy atom. The minimum Gasteiger partial charge on any atom is -0.250 e. The molecule has 1 N–H and O–H groups in total. The molecule has 0 aliphatic carbocycles. The average molecular weight is 269 g/mol. The monoisotopic (exact) mass is 268 g/mol. The summed E-state index contributed by atoms with van der Waals surface area (Å²) < 4.78 is 0. The van der Waals surface area contributed by atoms with Crippen LogP contribution in [0.25, 0.3) is 10.4 Å². The lowest BCUT2D eigenvalue weighted by atomic mass is 10.2. The van der Waals surface area contributed by atoms with E-state index in [4.69, 9.17) is 11.6 Å². The van der Waals surface area contributed by atoms with Crippen LogP contribution in [0.3, 0.4) is 0 Å². The summed E-state index contributed by atoms with van der Waals surface area (Å²) in [6, 6.07) is 3.82. The first-order valence-electron chi connectivity index (χ1n) is 5.13. The number of hydrogen-bond donors (Lipinski definition) is 1. The van der Waals surface area contributed by atoms with Crippen LogP contribution in [-0.2, 0) is 6.54 Å². The molecule has 0 saturated heterocycles. The second-order valence-corrected chi connectivity index (χ2v) is 5.16. The van der Waals surface area contributed by atoms with Gasteiger partial charge in [-0.25, -0.2) is 15.4 Å². The van der Waals surface area contributed by atoms with E-state index >= 15 is 0 Å². The summed E-state index contributed by atoms with van der Waals surface area (Å²) in [5.74, 6) is 0. The van der Waals surface area contributed by atoms with E-state index < -0.39 is 0 Å². The van der Waals surface area contributed by atoms with E-state index in [0.29, 0.717) is 5.15 Å². The number of aromatic nitrogens is 2. The fourth-order valence-electron chi connectivity index (χ4n) is 1.31. The average Bonchev–Trinajstić information content (AvgIpc) is 2.75. The van der Waals surface area contributed by atoms with E-state index in [9.17, 15) is 0 Å². The van der Waals surface area contributed by atoms with Gasteiger partial charge in [-0.15, -0.1) is 11.3 Å². The molecular formula is C11H13ClN4S. The molecule has 0 amide bonds. The second kappa shape index (κ2) is 5.55. The molecule has 2 rings (SSSR count). The molecule has 0 atom stereocenters. The van der Waals surface area contributed by atoms with Gasteiger partial charge < -0.3 is 0 Å². The van der Waals surface area contributed by atoms with Crippen molar-refractivity contribution in [2.24, 2.45) is 0 Å². The normalized spacial score (nSPS) is 11.1. The first kappa shape index (κ1) is 12.4. The van der Waals surface area contributed by atoms with Crippen molar-refractivity contribution in [1.29, 1.82) is 0 Å². The first-order valence-corrected chi connectivity index (χ1v) is 6.32. The highest BCUT2D eigenvalue weighted by molar-refractivity contribution is 7.15. The SMILES string of the molecule is CN(C)NCc1ncc(-c2cccnc2Cl)s1. The summed E-state index contributed by atoms with van der Waals surface area (Å²) in [5, 5.41) is 3.44. The number of nitrogens with one attached hydrogen (secondary N) is 1. The fraction of sp³-hybridized carbons (Fsp3) is 0.273. The van der Waals surface area contributed by atoms with Crippen LogP contribution in [0, 0.1) is 0 Å². The van der Waals surface area contributed by atoms with Gasteiger partial charge in [-0.05, 0) is 12.1 Å². The van der Waals surface area contributed by atoms with E-state index in [-0.39, 0.29) is 0 Å². The minimum atomic E-state index is 0.517. The zero-order valence-electron chi connectivity index (χ0n) is 9.64. The number of rotatable bonds is 4. The summed E-state index contributed by atoms with van der Waals surface area (Å²) >= 11 is 7.66. The Labute approximate surface area is 109 Å². The maximum atomic E-state index is 6.04. The van der Waals surface area contributed by atoms with Gasteiger partial charge in [-0.3, -0.25) is 5.01 Å². The van der Waals surface area contributed by atoms with Gasteiger partial charge in [0.25, 0.3) is 0 Å². The van der Waals surface area contributed by atoms with E-state index in [1.54, 1.807) is 17.5 Å². The fourth-order valence-corrected chi connectivity index (χ4v) is 2.47. The van der Waals surface area contributed by atoms with Crippen molar-refractivity contribution in [1.82, 2.24) is 20.4 Å². The molecule has 0 fully saturated rings. The number of hydrazine groups is 1. The quantitative estimate of drug-likeness (QED) is 0.683. The van der Waals surface area contributed by atoms with Gasteiger partial charge in [-0.1, -0.05) is 11.6 Å². The summed E-state index contributed by atoms with van der Waals surface area (Å²) in [6.45, 7) is 0.718. The van der Waals surface area contributed by atoms with E-state index in [1.165, 1.54) is 0 Å². The highest BCUT2D eigenvalue weighted by Crippen LogP contribution is 2.30. The summed E-state index contributed by atoms with van der Waals surface area (Å²) in [5.41, 5.74) is 4.11. The molecule has 0 radical (unpaired) electrons. The molecule has 0 bridgehead atoms. The van der Waals surface area contributed by atoms with Crippen molar-refractivity contribution >= 4 is 22.9 Å². The van der Waals surface area contributed by atoms with Crippen LogP contribution in [0.1, 0.15) is 5.01 Å². The van der Waals surface area contributed by atoms with Crippen molar-refractivity contribution in [2.45, 2.75) is 6.54 Å². The molecule has 6 heteroatoms. The highest BCUT2D eigenvalue weighted by atomic mass is 35.5. The summed E-state index contributed by atoms with van der Waals surface area (Å²) in [7, 11) is 3.90. The zero-order valence-corrected chi connectivity index (χ0v) is 11.2. The third kappa shape index (κ3) is 3.23. The van der Waals surface area contributed by atoms with E-state index in [1.807, 2.05) is 37.4 Å². The van der Waals surface area contributed by atoms with Crippen molar-refractivity contribution in [3.63, 3.8) is 0 Å². The van der Waals surface area contributed by atoms with Gasteiger partial charge in [0.2, 0.25) is 0 Å². The number of halogens is 1. The largest absolute Gasteiger partial charge is 0.250 e. The molecule has 0 spiro atoms. The number of pyridine rings is 1. The predicted molar refractivity (Wildman–Crippen MR) is 70.9 cm³/mol. The lowest BCUT2D eigenvalue weighted by Crippen LogP contribution is -2.29. The van der Waals surface area contributed by atoms with Crippen LogP contribution in [0.4, 0.5) is 0 Å². The van der Waals surface area contributed by atoms with Gasteiger partial charge in [-0.2, -0.15) is 0 Å². The molecule has 17 heavy (non-hydrogen) atoms. The molecule has 2 aromatic heterocycles. The Morgan fingerprint density at radius 1 is 1.41 bits per heavy atom. The highest BCUT2D eigenvalue weighted by Gasteiger charge is 2.08. The van der Waals surface area contributed by atoms with E-state index in [0.717, 1.165) is 22.0 Å². The van der Waals surface area contributed by atoms with Crippen molar-refractivity contribution in [3.8, 4) is 10.4 Å². The number of nitrogens with zero attached hydrogens (tertiary/aromatic N) is 3. The van der Waals surface area contributed by atoms with Crippen molar-refractivity contribution in [2.75, 3.05) is 14.1 Å². The van der Waals surface area contributed by atoms with Crippen LogP contribution in [0.15, 0.2) is 24.5 Å². The Balaban J connectivity index is 2.16. The van der Waals surface area contributed by atoms with Gasteiger partial charge in [0.15, 0.2) is 0 Å². The lowest BCUT2D eigenvalue weighted by molar-refractivity contribution is 0.286.